The zero-order valence-electron chi connectivity index (χ0n) is 16.9. The highest BCUT2D eigenvalue weighted by molar-refractivity contribution is 7.99. The lowest BCUT2D eigenvalue weighted by atomic mass is 10.1. The number of hydrogen-bond donors (Lipinski definition) is 1. The third-order valence-electron chi connectivity index (χ3n) is 4.70. The van der Waals surface area contributed by atoms with Gasteiger partial charge < -0.3 is 5.11 Å². The summed E-state index contributed by atoms with van der Waals surface area (Å²) in [5.41, 5.74) is 1.50. The maximum atomic E-state index is 12.3. The maximum absolute atomic E-state index is 12.3. The summed E-state index contributed by atoms with van der Waals surface area (Å²) >= 11 is 1.87. The summed E-state index contributed by atoms with van der Waals surface area (Å²) in [4.78, 5) is 13.5. The molecule has 0 unspecified atom stereocenters. The van der Waals surface area contributed by atoms with Crippen LogP contribution in [-0.2, 0) is 0 Å². The Bertz CT molecular complexity index is 734. The van der Waals surface area contributed by atoms with E-state index in [1.165, 1.54) is 56.3 Å². The first-order valence-corrected chi connectivity index (χ1v) is 11.4. The van der Waals surface area contributed by atoms with Crippen LogP contribution in [0, 0.1) is 0 Å². The lowest BCUT2D eigenvalue weighted by molar-refractivity contribution is 0.104. The highest BCUT2D eigenvalue weighted by atomic mass is 32.2. The smallest absolute Gasteiger partial charge is 0.185 e. The van der Waals surface area contributed by atoms with Crippen molar-refractivity contribution in [2.24, 2.45) is 0 Å². The number of ketones is 1. The van der Waals surface area contributed by atoms with Gasteiger partial charge in [-0.1, -0.05) is 70.1 Å². The number of carbonyl (C=O) groups is 1. The molecular weight excluding hydrogens is 364 g/mol. The summed E-state index contributed by atoms with van der Waals surface area (Å²) in [6.07, 6.45) is 14.0. The van der Waals surface area contributed by atoms with Gasteiger partial charge in [0.05, 0.1) is 0 Å². The number of benzene rings is 2. The average molecular weight is 397 g/mol. The van der Waals surface area contributed by atoms with E-state index < -0.39 is 0 Å². The number of carbonyl (C=O) groups excluding carboxylic acids is 1. The molecule has 0 amide bonds. The molecule has 0 aromatic heterocycles. The Morgan fingerprint density at radius 1 is 0.929 bits per heavy atom. The Labute approximate surface area is 174 Å². The second-order valence-electron chi connectivity index (χ2n) is 7.14. The van der Waals surface area contributed by atoms with Crippen molar-refractivity contribution in [2.45, 2.75) is 63.2 Å². The first-order valence-electron chi connectivity index (χ1n) is 10.4. The molecule has 150 valence electrons. The van der Waals surface area contributed by atoms with E-state index in [1.807, 2.05) is 42.1 Å². The third kappa shape index (κ3) is 8.79. The molecule has 0 aliphatic carbocycles. The van der Waals surface area contributed by atoms with Crippen LogP contribution in [0.4, 0.5) is 0 Å². The molecule has 0 aliphatic rings. The molecule has 2 aromatic rings. The van der Waals surface area contributed by atoms with E-state index in [2.05, 4.69) is 6.92 Å². The van der Waals surface area contributed by atoms with Crippen LogP contribution in [0.5, 0.6) is 5.75 Å². The number of hydrogen-bond acceptors (Lipinski definition) is 3. The van der Waals surface area contributed by atoms with Crippen molar-refractivity contribution in [3.8, 4) is 5.75 Å². The Morgan fingerprint density at radius 2 is 1.61 bits per heavy atom. The quantitative estimate of drug-likeness (QED) is 0.165. The predicted octanol–water partition coefficient (Wildman–Crippen LogP) is 7.52. The Kier molecular flexibility index (Phi) is 10.5. The van der Waals surface area contributed by atoms with Gasteiger partial charge in [0.25, 0.3) is 0 Å². The minimum absolute atomic E-state index is 0.0250. The molecule has 28 heavy (non-hydrogen) atoms. The number of unbranched alkanes of at least 4 members (excludes halogenated alkanes) is 7. The molecule has 3 heteroatoms. The SMILES string of the molecule is CCCCCCCCCCSc1ccc(C(=O)C=Cc2cccc(O)c2)cc1. The van der Waals surface area contributed by atoms with Crippen molar-refractivity contribution < 1.29 is 9.90 Å². The fraction of sp³-hybridized carbons (Fsp3) is 0.400. The van der Waals surface area contributed by atoms with E-state index >= 15 is 0 Å². The largest absolute Gasteiger partial charge is 0.508 e. The predicted molar refractivity (Wildman–Crippen MR) is 121 cm³/mol. The molecule has 2 rings (SSSR count). The minimum Gasteiger partial charge on any atom is -0.508 e. The van der Waals surface area contributed by atoms with Gasteiger partial charge in [-0.3, -0.25) is 4.79 Å². The van der Waals surface area contributed by atoms with Gasteiger partial charge in [0.1, 0.15) is 5.75 Å². The summed E-state index contributed by atoms with van der Waals surface area (Å²) in [5, 5.41) is 9.47. The van der Waals surface area contributed by atoms with Crippen LogP contribution in [-0.4, -0.2) is 16.6 Å². The minimum atomic E-state index is -0.0250. The molecule has 2 aromatic carbocycles. The molecule has 0 spiro atoms. The van der Waals surface area contributed by atoms with Gasteiger partial charge in [0.15, 0.2) is 5.78 Å². The van der Waals surface area contributed by atoms with E-state index in [1.54, 1.807) is 30.4 Å². The number of phenols is 1. The molecule has 0 saturated heterocycles. The number of aromatic hydroxyl groups is 1. The molecule has 0 aliphatic heterocycles. The topological polar surface area (TPSA) is 37.3 Å². The number of phenolic OH excluding ortho intramolecular Hbond substituents is 1. The fourth-order valence-corrected chi connectivity index (χ4v) is 3.95. The van der Waals surface area contributed by atoms with E-state index in [4.69, 9.17) is 0 Å². The zero-order valence-corrected chi connectivity index (χ0v) is 17.7. The van der Waals surface area contributed by atoms with Crippen molar-refractivity contribution in [3.63, 3.8) is 0 Å². The Balaban J connectivity index is 1.67. The molecule has 0 atom stereocenters. The summed E-state index contributed by atoms with van der Waals surface area (Å²) in [6.45, 7) is 2.26. The number of allylic oxidation sites excluding steroid dienone is 1. The number of rotatable bonds is 13. The lowest BCUT2D eigenvalue weighted by Gasteiger charge is -2.04. The van der Waals surface area contributed by atoms with Crippen molar-refractivity contribution in [2.75, 3.05) is 5.75 Å². The molecular formula is C25H32O2S. The monoisotopic (exact) mass is 396 g/mol. The van der Waals surface area contributed by atoms with E-state index in [9.17, 15) is 9.90 Å². The van der Waals surface area contributed by atoms with Crippen LogP contribution < -0.4 is 0 Å². The second-order valence-corrected chi connectivity index (χ2v) is 8.31. The molecule has 2 nitrogen and oxygen atoms in total. The fourth-order valence-electron chi connectivity index (χ4n) is 3.04. The average Bonchev–Trinajstić information content (AvgIpc) is 2.71. The van der Waals surface area contributed by atoms with Gasteiger partial charge in [-0.25, -0.2) is 0 Å². The van der Waals surface area contributed by atoms with Crippen LogP contribution in [0.25, 0.3) is 6.08 Å². The van der Waals surface area contributed by atoms with E-state index in [0.717, 1.165) is 11.3 Å². The second kappa shape index (κ2) is 13.2. The van der Waals surface area contributed by atoms with Gasteiger partial charge in [-0.2, -0.15) is 0 Å². The first-order chi connectivity index (χ1) is 13.7. The van der Waals surface area contributed by atoms with Crippen LogP contribution in [0.2, 0.25) is 0 Å². The van der Waals surface area contributed by atoms with Gasteiger partial charge in [-0.05, 0) is 60.2 Å². The van der Waals surface area contributed by atoms with Crippen molar-refractivity contribution in [1.29, 1.82) is 0 Å². The van der Waals surface area contributed by atoms with Crippen LogP contribution in [0.3, 0.4) is 0 Å². The summed E-state index contributed by atoms with van der Waals surface area (Å²) in [5.74, 6) is 1.31. The molecule has 0 bridgehead atoms. The summed E-state index contributed by atoms with van der Waals surface area (Å²) in [7, 11) is 0. The van der Waals surface area contributed by atoms with Crippen LogP contribution in [0.15, 0.2) is 59.5 Å². The Hall–Kier alpha value is -2.00. The number of thioether (sulfide) groups is 1. The standard InChI is InChI=1S/C25H32O2S/c1-2-3-4-5-6-7-8-9-19-28-24-16-14-22(15-17-24)25(27)18-13-21-11-10-12-23(26)20-21/h10-18,20,26H,2-9,19H2,1H3. The maximum Gasteiger partial charge on any atom is 0.185 e. The molecule has 0 heterocycles. The van der Waals surface area contributed by atoms with Gasteiger partial charge in [0, 0.05) is 10.5 Å². The highest BCUT2D eigenvalue weighted by Gasteiger charge is 2.02. The van der Waals surface area contributed by atoms with Gasteiger partial charge >= 0.3 is 0 Å². The normalized spacial score (nSPS) is 11.2. The van der Waals surface area contributed by atoms with Crippen LogP contribution in [0.1, 0.15) is 74.2 Å². The van der Waals surface area contributed by atoms with Gasteiger partial charge in [0.2, 0.25) is 0 Å². The highest BCUT2D eigenvalue weighted by Crippen LogP contribution is 2.21. The van der Waals surface area contributed by atoms with E-state index in [-0.39, 0.29) is 11.5 Å². The van der Waals surface area contributed by atoms with Crippen molar-refractivity contribution in [1.82, 2.24) is 0 Å². The van der Waals surface area contributed by atoms with Gasteiger partial charge in [-0.15, -0.1) is 11.8 Å². The van der Waals surface area contributed by atoms with Crippen molar-refractivity contribution in [3.05, 3.63) is 65.7 Å². The molecule has 0 saturated carbocycles. The molecule has 1 N–H and O–H groups in total. The molecule has 0 fully saturated rings. The zero-order chi connectivity index (χ0) is 20.0. The van der Waals surface area contributed by atoms with E-state index in [0.29, 0.717) is 5.56 Å². The molecule has 0 radical (unpaired) electrons. The third-order valence-corrected chi connectivity index (χ3v) is 5.80. The Morgan fingerprint density at radius 3 is 2.29 bits per heavy atom. The summed E-state index contributed by atoms with van der Waals surface area (Å²) in [6, 6.07) is 14.7. The first kappa shape index (κ1) is 22.3. The summed E-state index contributed by atoms with van der Waals surface area (Å²) < 4.78 is 0. The van der Waals surface area contributed by atoms with Crippen molar-refractivity contribution >= 4 is 23.6 Å². The lowest BCUT2D eigenvalue weighted by Crippen LogP contribution is -1.93. The van der Waals surface area contributed by atoms with Crippen LogP contribution >= 0.6 is 11.8 Å².